The third kappa shape index (κ3) is 6.54. The Morgan fingerprint density at radius 1 is 1.17 bits per heavy atom. The largest absolute Gasteiger partial charge is 0.455 e. The Balaban J connectivity index is 1.64. The number of hydrogen-bond acceptors (Lipinski definition) is 3. The lowest BCUT2D eigenvalue weighted by Crippen LogP contribution is -2.30. The van der Waals surface area contributed by atoms with Gasteiger partial charge >= 0.3 is 5.97 Å². The van der Waals surface area contributed by atoms with Crippen LogP contribution in [0.3, 0.4) is 0 Å². The molecule has 1 N–H and O–H groups in total. The highest BCUT2D eigenvalue weighted by atomic mass is 35.5. The van der Waals surface area contributed by atoms with Crippen LogP contribution < -0.4 is 5.32 Å². The molecule has 0 saturated heterocycles. The van der Waals surface area contributed by atoms with E-state index in [9.17, 15) is 9.59 Å². The number of carbonyl (C=O) groups excluding carboxylic acids is 2. The van der Waals surface area contributed by atoms with E-state index < -0.39 is 5.97 Å². The molecule has 0 fully saturated rings. The molecule has 130 valence electrons. The van der Waals surface area contributed by atoms with Crippen LogP contribution in [0.5, 0.6) is 0 Å². The van der Waals surface area contributed by atoms with Crippen LogP contribution in [0.25, 0.3) is 0 Å². The van der Waals surface area contributed by atoms with Crippen LogP contribution in [-0.2, 0) is 20.7 Å². The predicted octanol–water partition coefficient (Wildman–Crippen LogP) is 4.09. The monoisotopic (exact) mass is 369 g/mol. The maximum Gasteiger partial charge on any atom is 0.310 e. The van der Waals surface area contributed by atoms with Gasteiger partial charge < -0.3 is 10.1 Å². The zero-order chi connectivity index (χ0) is 17.4. The summed E-state index contributed by atoms with van der Waals surface area (Å²) in [6, 6.07) is 4.94. The fourth-order valence-electron chi connectivity index (χ4n) is 2.56. The molecule has 1 aliphatic rings. The summed E-state index contributed by atoms with van der Waals surface area (Å²) in [7, 11) is 0. The summed E-state index contributed by atoms with van der Waals surface area (Å²) < 4.78 is 4.98. The summed E-state index contributed by atoms with van der Waals surface area (Å²) in [5.74, 6) is -0.757. The quantitative estimate of drug-likeness (QED) is 0.581. The van der Waals surface area contributed by atoms with E-state index >= 15 is 0 Å². The number of hydrogen-bond donors (Lipinski definition) is 1. The number of ether oxygens (including phenoxy) is 1. The van der Waals surface area contributed by atoms with Gasteiger partial charge in [-0.2, -0.15) is 0 Å². The molecular formula is C18H21Cl2NO3. The van der Waals surface area contributed by atoms with Crippen LogP contribution in [0.1, 0.15) is 37.7 Å². The minimum Gasteiger partial charge on any atom is -0.455 e. The summed E-state index contributed by atoms with van der Waals surface area (Å²) in [5, 5.41) is 3.59. The van der Waals surface area contributed by atoms with E-state index in [2.05, 4.69) is 11.4 Å². The number of carbonyl (C=O) groups is 2. The molecule has 0 bridgehead atoms. The highest BCUT2D eigenvalue weighted by Crippen LogP contribution is 2.23. The topological polar surface area (TPSA) is 55.4 Å². The van der Waals surface area contributed by atoms with Gasteiger partial charge in [0, 0.05) is 6.54 Å². The Hall–Kier alpha value is -1.52. The van der Waals surface area contributed by atoms with Gasteiger partial charge in [0.1, 0.15) is 0 Å². The predicted molar refractivity (Wildman–Crippen MR) is 95.3 cm³/mol. The van der Waals surface area contributed by atoms with Gasteiger partial charge in [-0.1, -0.05) is 40.9 Å². The molecule has 0 aromatic heterocycles. The number of halogens is 2. The van der Waals surface area contributed by atoms with Gasteiger partial charge in [0.15, 0.2) is 6.61 Å². The van der Waals surface area contributed by atoms with Crippen molar-refractivity contribution < 1.29 is 14.3 Å². The first-order chi connectivity index (χ1) is 11.5. The molecule has 0 heterocycles. The smallest absolute Gasteiger partial charge is 0.310 e. The van der Waals surface area contributed by atoms with Gasteiger partial charge in [0.05, 0.1) is 16.5 Å². The van der Waals surface area contributed by atoms with Crippen molar-refractivity contribution in [3.05, 3.63) is 45.5 Å². The van der Waals surface area contributed by atoms with Crippen molar-refractivity contribution in [2.45, 2.75) is 38.5 Å². The lowest BCUT2D eigenvalue weighted by molar-refractivity contribution is -0.147. The summed E-state index contributed by atoms with van der Waals surface area (Å²) >= 11 is 11.7. The number of amides is 1. The molecule has 2 rings (SSSR count). The first-order valence-electron chi connectivity index (χ1n) is 8.09. The number of nitrogens with one attached hydrogen (secondary N) is 1. The zero-order valence-electron chi connectivity index (χ0n) is 13.4. The number of benzene rings is 1. The van der Waals surface area contributed by atoms with Gasteiger partial charge in [-0.25, -0.2) is 0 Å². The van der Waals surface area contributed by atoms with E-state index in [-0.39, 0.29) is 18.9 Å². The highest BCUT2D eigenvalue weighted by Gasteiger charge is 2.10. The van der Waals surface area contributed by atoms with Crippen molar-refractivity contribution in [2.24, 2.45) is 0 Å². The molecular weight excluding hydrogens is 349 g/mol. The molecule has 1 amide bonds. The molecule has 1 aromatic carbocycles. The highest BCUT2D eigenvalue weighted by molar-refractivity contribution is 6.42. The summed E-state index contributed by atoms with van der Waals surface area (Å²) in [6.07, 6.45) is 7.91. The Kier molecular flexibility index (Phi) is 7.60. The second-order valence-electron chi connectivity index (χ2n) is 5.79. The molecule has 6 heteroatoms. The Bertz CT molecular complexity index is 629. The van der Waals surface area contributed by atoms with Gasteiger partial charge in [-0.05, 0) is 49.8 Å². The Morgan fingerprint density at radius 2 is 2.00 bits per heavy atom. The van der Waals surface area contributed by atoms with E-state index in [1.807, 2.05) is 0 Å². The van der Waals surface area contributed by atoms with Crippen LogP contribution in [0.4, 0.5) is 0 Å². The van der Waals surface area contributed by atoms with Gasteiger partial charge in [-0.3, -0.25) is 9.59 Å². The van der Waals surface area contributed by atoms with Crippen molar-refractivity contribution in [2.75, 3.05) is 13.2 Å². The normalized spacial score (nSPS) is 14.0. The molecule has 0 saturated carbocycles. The number of rotatable bonds is 7. The summed E-state index contributed by atoms with van der Waals surface area (Å²) in [5.41, 5.74) is 2.09. The average molecular weight is 370 g/mol. The third-order valence-corrected chi connectivity index (χ3v) is 4.59. The molecule has 0 unspecified atom stereocenters. The molecule has 1 aliphatic carbocycles. The van der Waals surface area contributed by atoms with E-state index in [0.29, 0.717) is 22.2 Å². The van der Waals surface area contributed by atoms with E-state index in [1.54, 1.807) is 18.2 Å². The first kappa shape index (κ1) is 18.8. The van der Waals surface area contributed by atoms with Crippen LogP contribution in [0.15, 0.2) is 29.8 Å². The fourth-order valence-corrected chi connectivity index (χ4v) is 2.88. The van der Waals surface area contributed by atoms with Crippen LogP contribution in [-0.4, -0.2) is 25.0 Å². The number of allylic oxidation sites excluding steroid dienone is 1. The SMILES string of the molecule is O=C(COC(=O)Cc1ccc(Cl)c(Cl)c1)NCCC1=CCCCC1. The van der Waals surface area contributed by atoms with Crippen LogP contribution >= 0.6 is 23.2 Å². The fraction of sp³-hybridized carbons (Fsp3) is 0.444. The zero-order valence-corrected chi connectivity index (χ0v) is 15.0. The van der Waals surface area contributed by atoms with Gasteiger partial charge in [0.2, 0.25) is 0 Å². The molecule has 0 radical (unpaired) electrons. The molecule has 0 aliphatic heterocycles. The summed E-state index contributed by atoms with van der Waals surface area (Å²) in [6.45, 7) is 0.314. The molecule has 0 atom stereocenters. The van der Waals surface area contributed by atoms with Crippen molar-refractivity contribution in [1.82, 2.24) is 5.32 Å². The lowest BCUT2D eigenvalue weighted by atomic mass is 9.97. The Labute approximate surface area is 152 Å². The van der Waals surface area contributed by atoms with Gasteiger partial charge in [0.25, 0.3) is 5.91 Å². The maximum atomic E-state index is 11.7. The van der Waals surface area contributed by atoms with Crippen molar-refractivity contribution >= 4 is 35.1 Å². The van der Waals surface area contributed by atoms with Crippen molar-refractivity contribution in [3.8, 4) is 0 Å². The van der Waals surface area contributed by atoms with Crippen LogP contribution in [0, 0.1) is 0 Å². The molecule has 24 heavy (non-hydrogen) atoms. The lowest BCUT2D eigenvalue weighted by Gasteiger charge is -2.13. The third-order valence-electron chi connectivity index (χ3n) is 3.85. The van der Waals surface area contributed by atoms with E-state index in [1.165, 1.54) is 18.4 Å². The van der Waals surface area contributed by atoms with Gasteiger partial charge in [-0.15, -0.1) is 0 Å². The standard InChI is InChI=1S/C18H21Cl2NO3/c19-15-7-6-14(10-16(15)20)11-18(23)24-12-17(22)21-9-8-13-4-2-1-3-5-13/h4,6-7,10H,1-3,5,8-9,11-12H2,(H,21,22). The molecule has 1 aromatic rings. The Morgan fingerprint density at radius 3 is 2.71 bits per heavy atom. The first-order valence-corrected chi connectivity index (χ1v) is 8.84. The van der Waals surface area contributed by atoms with Crippen molar-refractivity contribution in [3.63, 3.8) is 0 Å². The summed E-state index contributed by atoms with van der Waals surface area (Å²) in [4.78, 5) is 23.4. The average Bonchev–Trinajstić information content (AvgIpc) is 2.57. The van der Waals surface area contributed by atoms with E-state index in [4.69, 9.17) is 27.9 Å². The maximum absolute atomic E-state index is 11.7. The minimum atomic E-state index is -0.474. The molecule has 0 spiro atoms. The second-order valence-corrected chi connectivity index (χ2v) is 6.61. The minimum absolute atomic E-state index is 0.0526. The molecule has 4 nitrogen and oxygen atoms in total. The number of esters is 1. The van der Waals surface area contributed by atoms with Crippen molar-refractivity contribution in [1.29, 1.82) is 0 Å². The van der Waals surface area contributed by atoms with Crippen LogP contribution in [0.2, 0.25) is 10.0 Å². The van der Waals surface area contributed by atoms with E-state index in [0.717, 1.165) is 19.3 Å². The second kappa shape index (κ2) is 9.70.